The number of aromatic amines is 1. The van der Waals surface area contributed by atoms with Crippen molar-refractivity contribution >= 4 is 21.6 Å². The van der Waals surface area contributed by atoms with Crippen LogP contribution in [-0.2, 0) is 16.6 Å². The molecule has 27 heavy (non-hydrogen) atoms. The highest BCUT2D eigenvalue weighted by Gasteiger charge is 2.07. The Morgan fingerprint density at radius 1 is 1.00 bits per heavy atom. The smallest absolute Gasteiger partial charge is 0.223 e. The Bertz CT molecular complexity index is 978. The van der Waals surface area contributed by atoms with Gasteiger partial charge in [0.05, 0.1) is 24.7 Å². The van der Waals surface area contributed by atoms with Crippen LogP contribution in [0, 0.1) is 0 Å². The summed E-state index contributed by atoms with van der Waals surface area (Å²) in [5.41, 5.74) is 0.438. The number of nitrogens with one attached hydrogen (secondary N) is 1. The van der Waals surface area contributed by atoms with Crippen molar-refractivity contribution in [1.82, 2.24) is 4.98 Å². The summed E-state index contributed by atoms with van der Waals surface area (Å²) in [6.45, 7) is 2.83. The van der Waals surface area contributed by atoms with E-state index >= 15 is 0 Å². The molecule has 1 aromatic heterocycles. The van der Waals surface area contributed by atoms with Crippen LogP contribution in [0.2, 0.25) is 0 Å². The maximum Gasteiger partial charge on any atom is 0.223 e. The van der Waals surface area contributed by atoms with Gasteiger partial charge in [-0.15, -0.1) is 0 Å². The molecular weight excluding hydrogens is 362 g/mol. The lowest BCUT2D eigenvalue weighted by Crippen LogP contribution is -2.14. The first-order chi connectivity index (χ1) is 13.2. The van der Waals surface area contributed by atoms with Gasteiger partial charge in [0.1, 0.15) is 5.75 Å². The molecule has 1 N–H and O–H groups in total. The largest absolute Gasteiger partial charge is 0.492 e. The minimum atomic E-state index is -1.13. The molecule has 0 bridgehead atoms. The van der Waals surface area contributed by atoms with Gasteiger partial charge in [0, 0.05) is 34.1 Å². The summed E-state index contributed by atoms with van der Waals surface area (Å²) in [6, 6.07) is 15.3. The zero-order valence-corrected chi connectivity index (χ0v) is 16.1. The van der Waals surface area contributed by atoms with Gasteiger partial charge in [-0.3, -0.25) is 9.00 Å². The molecule has 142 valence electrons. The summed E-state index contributed by atoms with van der Waals surface area (Å²) in [6.07, 6.45) is 2.37. The van der Waals surface area contributed by atoms with Crippen LogP contribution < -0.4 is 14.9 Å². The Morgan fingerprint density at radius 2 is 1.78 bits per heavy atom. The number of ether oxygens (including phenoxy) is 2. The molecular formula is C21H23NO4S. The van der Waals surface area contributed by atoms with Crippen LogP contribution in [0.15, 0.2) is 59.5 Å². The maximum absolute atomic E-state index is 12.3. The second kappa shape index (κ2) is 9.37. The molecule has 0 saturated carbocycles. The first-order valence-corrected chi connectivity index (χ1v) is 10.5. The number of benzene rings is 2. The van der Waals surface area contributed by atoms with Gasteiger partial charge in [-0.2, -0.15) is 0 Å². The molecule has 0 aliphatic heterocycles. The van der Waals surface area contributed by atoms with E-state index in [1.165, 1.54) is 12.3 Å². The van der Waals surface area contributed by atoms with Crippen molar-refractivity contribution in [2.45, 2.75) is 19.1 Å². The third kappa shape index (κ3) is 5.20. The molecule has 1 heterocycles. The van der Waals surface area contributed by atoms with E-state index in [9.17, 15) is 9.00 Å². The summed E-state index contributed by atoms with van der Waals surface area (Å²) in [5, 5.41) is 2.15. The van der Waals surface area contributed by atoms with Gasteiger partial charge in [-0.1, -0.05) is 43.3 Å². The first kappa shape index (κ1) is 19.2. The third-order valence-corrected chi connectivity index (χ3v) is 5.29. The van der Waals surface area contributed by atoms with Crippen molar-refractivity contribution in [3.63, 3.8) is 0 Å². The SMILES string of the molecule is CCCOc1c[nH]c(CS(=O)CCOc2cccc3ccccc23)cc1=O. The van der Waals surface area contributed by atoms with Crippen molar-refractivity contribution in [2.75, 3.05) is 19.0 Å². The Balaban J connectivity index is 1.54. The van der Waals surface area contributed by atoms with E-state index in [2.05, 4.69) is 4.98 Å². The predicted molar refractivity (Wildman–Crippen MR) is 109 cm³/mol. The molecule has 0 aliphatic carbocycles. The van der Waals surface area contributed by atoms with Crippen LogP contribution in [0.3, 0.4) is 0 Å². The zero-order valence-electron chi connectivity index (χ0n) is 15.3. The molecule has 2 aromatic carbocycles. The standard InChI is InChI=1S/C21H23NO4S/c1-2-10-25-21-14-22-17(13-19(21)23)15-27(24)12-11-26-20-9-5-7-16-6-3-4-8-18(16)20/h3-9,13-14H,2,10-12,15H2,1H3,(H,22,23). The van der Waals surface area contributed by atoms with Gasteiger partial charge in [0.2, 0.25) is 5.43 Å². The topological polar surface area (TPSA) is 68.4 Å². The minimum Gasteiger partial charge on any atom is -0.492 e. The normalized spacial score (nSPS) is 12.0. The lowest BCUT2D eigenvalue weighted by Gasteiger charge is -2.09. The number of fused-ring (bicyclic) bond motifs is 1. The number of H-pyrrole nitrogens is 1. The summed E-state index contributed by atoms with van der Waals surface area (Å²) >= 11 is 0. The Labute approximate surface area is 160 Å². The molecule has 0 fully saturated rings. The molecule has 0 spiro atoms. The van der Waals surface area contributed by atoms with Crippen molar-refractivity contribution < 1.29 is 13.7 Å². The first-order valence-electron chi connectivity index (χ1n) is 8.97. The fourth-order valence-electron chi connectivity index (χ4n) is 2.72. The monoisotopic (exact) mass is 385 g/mol. The Hall–Kier alpha value is -2.60. The molecule has 0 aliphatic rings. The Morgan fingerprint density at radius 3 is 2.59 bits per heavy atom. The minimum absolute atomic E-state index is 0.193. The summed E-state index contributed by atoms with van der Waals surface area (Å²) in [4.78, 5) is 15.0. The van der Waals surface area contributed by atoms with Crippen molar-refractivity contribution in [3.8, 4) is 11.5 Å². The van der Waals surface area contributed by atoms with E-state index in [4.69, 9.17) is 9.47 Å². The van der Waals surface area contributed by atoms with Gasteiger partial charge in [-0.25, -0.2) is 0 Å². The van der Waals surface area contributed by atoms with Crippen molar-refractivity contribution in [3.05, 3.63) is 70.6 Å². The average molecular weight is 385 g/mol. The Kier molecular flexibility index (Phi) is 6.65. The van der Waals surface area contributed by atoms with Gasteiger partial charge in [-0.05, 0) is 17.9 Å². The summed E-state index contributed by atoms with van der Waals surface area (Å²) < 4.78 is 23.5. The quantitative estimate of drug-likeness (QED) is 0.611. The highest BCUT2D eigenvalue weighted by Crippen LogP contribution is 2.25. The van der Waals surface area contributed by atoms with Crippen molar-refractivity contribution in [1.29, 1.82) is 0 Å². The number of pyridine rings is 1. The fraction of sp³-hybridized carbons (Fsp3) is 0.286. The van der Waals surface area contributed by atoms with E-state index in [0.29, 0.717) is 30.4 Å². The van der Waals surface area contributed by atoms with Gasteiger partial charge in [0.25, 0.3) is 0 Å². The third-order valence-electron chi connectivity index (χ3n) is 4.03. The van der Waals surface area contributed by atoms with E-state index in [1.807, 2.05) is 49.4 Å². The molecule has 0 amide bonds. The molecule has 0 radical (unpaired) electrons. The zero-order chi connectivity index (χ0) is 19.1. The second-order valence-electron chi connectivity index (χ2n) is 6.15. The highest BCUT2D eigenvalue weighted by atomic mass is 32.2. The van der Waals surface area contributed by atoms with Crippen LogP contribution >= 0.6 is 0 Å². The van der Waals surface area contributed by atoms with E-state index < -0.39 is 10.8 Å². The molecule has 0 saturated heterocycles. The van der Waals surface area contributed by atoms with Gasteiger partial charge >= 0.3 is 0 Å². The van der Waals surface area contributed by atoms with Gasteiger partial charge < -0.3 is 14.5 Å². The molecule has 6 heteroatoms. The number of hydrogen-bond acceptors (Lipinski definition) is 4. The van der Waals surface area contributed by atoms with E-state index in [0.717, 1.165) is 22.9 Å². The predicted octanol–water partition coefficient (Wildman–Crippen LogP) is 3.64. The van der Waals surface area contributed by atoms with Crippen LogP contribution in [-0.4, -0.2) is 28.2 Å². The maximum atomic E-state index is 12.3. The lowest BCUT2D eigenvalue weighted by atomic mass is 10.1. The molecule has 3 rings (SSSR count). The van der Waals surface area contributed by atoms with E-state index in [-0.39, 0.29) is 11.2 Å². The number of hydrogen-bond donors (Lipinski definition) is 1. The summed E-state index contributed by atoms with van der Waals surface area (Å²) in [7, 11) is -1.13. The van der Waals surface area contributed by atoms with E-state index in [1.54, 1.807) is 0 Å². The van der Waals surface area contributed by atoms with Gasteiger partial charge in [0.15, 0.2) is 5.75 Å². The lowest BCUT2D eigenvalue weighted by molar-refractivity contribution is 0.313. The molecule has 1 atom stereocenters. The number of rotatable bonds is 9. The molecule has 1 unspecified atom stereocenters. The highest BCUT2D eigenvalue weighted by molar-refractivity contribution is 7.84. The summed E-state index contributed by atoms with van der Waals surface area (Å²) in [5.74, 6) is 1.75. The fourth-order valence-corrected chi connectivity index (χ4v) is 3.65. The average Bonchev–Trinajstić information content (AvgIpc) is 2.67. The number of aromatic nitrogens is 1. The van der Waals surface area contributed by atoms with Crippen LogP contribution in [0.1, 0.15) is 19.0 Å². The van der Waals surface area contributed by atoms with Crippen LogP contribution in [0.25, 0.3) is 10.8 Å². The van der Waals surface area contributed by atoms with Crippen LogP contribution in [0.4, 0.5) is 0 Å². The van der Waals surface area contributed by atoms with Crippen LogP contribution in [0.5, 0.6) is 11.5 Å². The van der Waals surface area contributed by atoms with Crippen molar-refractivity contribution in [2.24, 2.45) is 0 Å². The molecule has 5 nitrogen and oxygen atoms in total. The second-order valence-corrected chi connectivity index (χ2v) is 7.73. The molecule has 3 aromatic rings.